The van der Waals surface area contributed by atoms with Gasteiger partial charge in [-0.2, -0.15) is 5.26 Å². The van der Waals surface area contributed by atoms with Crippen molar-refractivity contribution >= 4 is 23.1 Å². The highest BCUT2D eigenvalue weighted by Crippen LogP contribution is 2.27. The number of morpholine rings is 1. The maximum atomic E-state index is 8.68. The largest absolute Gasteiger partial charge is 0.397 e. The Morgan fingerprint density at radius 3 is 2.27 bits per heavy atom. The minimum atomic E-state index is 0.258. The van der Waals surface area contributed by atoms with Gasteiger partial charge in [0.1, 0.15) is 5.82 Å². The SMILES string of the molecule is CC1CN(c2ccc(N)cn2)CC(C)O1.N#Cc1ccc(-c2ccccc2Cl)cc1. The van der Waals surface area contributed by atoms with Crippen LogP contribution in [0.4, 0.5) is 11.5 Å². The van der Waals surface area contributed by atoms with Gasteiger partial charge < -0.3 is 15.4 Å². The summed E-state index contributed by atoms with van der Waals surface area (Å²) < 4.78 is 5.67. The fraction of sp³-hybridized carbons (Fsp3) is 0.250. The highest BCUT2D eigenvalue weighted by atomic mass is 35.5. The van der Waals surface area contributed by atoms with Crippen LogP contribution in [0.2, 0.25) is 5.02 Å². The van der Waals surface area contributed by atoms with Crippen molar-refractivity contribution in [1.82, 2.24) is 4.98 Å². The van der Waals surface area contributed by atoms with Gasteiger partial charge in [0.05, 0.1) is 35.7 Å². The molecule has 0 bridgehead atoms. The molecule has 2 atom stereocenters. The molecule has 0 aliphatic carbocycles. The number of hydrogen-bond acceptors (Lipinski definition) is 5. The molecule has 1 aliphatic heterocycles. The van der Waals surface area contributed by atoms with Crippen LogP contribution in [0.5, 0.6) is 0 Å². The Labute approximate surface area is 182 Å². The Balaban J connectivity index is 0.000000171. The second kappa shape index (κ2) is 10.1. The zero-order valence-electron chi connectivity index (χ0n) is 17.1. The monoisotopic (exact) mass is 420 g/mol. The molecule has 1 aromatic heterocycles. The molecule has 3 aromatic rings. The Bertz CT molecular complexity index is 989. The Morgan fingerprint density at radius 2 is 1.70 bits per heavy atom. The molecule has 0 spiro atoms. The second-order valence-electron chi connectivity index (χ2n) is 7.28. The molecule has 0 saturated carbocycles. The molecule has 5 nitrogen and oxygen atoms in total. The molecule has 30 heavy (non-hydrogen) atoms. The van der Waals surface area contributed by atoms with Crippen LogP contribution in [0.15, 0.2) is 66.9 Å². The van der Waals surface area contributed by atoms with Crippen LogP contribution >= 0.6 is 11.6 Å². The molecule has 4 rings (SSSR count). The number of anilines is 2. The summed E-state index contributed by atoms with van der Waals surface area (Å²) in [6, 6.07) is 21.0. The van der Waals surface area contributed by atoms with Gasteiger partial charge in [-0.05, 0) is 49.7 Å². The first-order chi connectivity index (χ1) is 14.5. The van der Waals surface area contributed by atoms with Crippen molar-refractivity contribution in [2.24, 2.45) is 0 Å². The average Bonchev–Trinajstić information content (AvgIpc) is 2.74. The molecule has 1 aliphatic rings. The minimum absolute atomic E-state index is 0.258. The number of pyridine rings is 1. The fourth-order valence-electron chi connectivity index (χ4n) is 3.37. The highest BCUT2D eigenvalue weighted by Gasteiger charge is 2.22. The van der Waals surface area contributed by atoms with E-state index in [0.29, 0.717) is 11.3 Å². The lowest BCUT2D eigenvalue weighted by Crippen LogP contribution is -2.45. The third-order valence-corrected chi connectivity index (χ3v) is 5.04. The summed E-state index contributed by atoms with van der Waals surface area (Å²) in [5.41, 5.74) is 8.98. The molecule has 154 valence electrons. The quantitative estimate of drug-likeness (QED) is 0.620. The van der Waals surface area contributed by atoms with Gasteiger partial charge in [-0.25, -0.2) is 4.98 Å². The van der Waals surface area contributed by atoms with E-state index in [9.17, 15) is 0 Å². The molecule has 1 saturated heterocycles. The number of halogens is 1. The number of ether oxygens (including phenoxy) is 1. The third-order valence-electron chi connectivity index (χ3n) is 4.71. The zero-order valence-corrected chi connectivity index (χ0v) is 17.9. The van der Waals surface area contributed by atoms with Gasteiger partial charge in [-0.3, -0.25) is 0 Å². The van der Waals surface area contributed by atoms with Crippen LogP contribution in [-0.2, 0) is 4.74 Å². The predicted molar refractivity (Wildman–Crippen MR) is 122 cm³/mol. The number of rotatable bonds is 2. The number of nitriles is 1. The lowest BCUT2D eigenvalue weighted by atomic mass is 10.0. The number of hydrogen-bond donors (Lipinski definition) is 1. The minimum Gasteiger partial charge on any atom is -0.397 e. The van der Waals surface area contributed by atoms with E-state index < -0.39 is 0 Å². The van der Waals surface area contributed by atoms with E-state index in [2.05, 4.69) is 29.8 Å². The van der Waals surface area contributed by atoms with E-state index in [1.807, 2.05) is 48.5 Å². The molecule has 2 heterocycles. The van der Waals surface area contributed by atoms with Crippen LogP contribution in [0.3, 0.4) is 0 Å². The molecule has 2 aromatic carbocycles. The highest BCUT2D eigenvalue weighted by molar-refractivity contribution is 6.33. The van der Waals surface area contributed by atoms with Crippen molar-refractivity contribution in [2.75, 3.05) is 23.7 Å². The Hall–Kier alpha value is -3.07. The van der Waals surface area contributed by atoms with E-state index in [4.69, 9.17) is 27.3 Å². The molecule has 2 N–H and O–H groups in total. The summed E-state index contributed by atoms with van der Waals surface area (Å²) in [5, 5.41) is 9.40. The number of aromatic nitrogens is 1. The second-order valence-corrected chi connectivity index (χ2v) is 7.69. The maximum absolute atomic E-state index is 8.68. The molecule has 2 unspecified atom stereocenters. The summed E-state index contributed by atoms with van der Waals surface area (Å²) in [6.07, 6.45) is 2.21. The van der Waals surface area contributed by atoms with E-state index in [-0.39, 0.29) is 12.2 Å². The van der Waals surface area contributed by atoms with Crippen LogP contribution in [-0.4, -0.2) is 30.3 Å². The summed E-state index contributed by atoms with van der Waals surface area (Å²) in [6.45, 7) is 5.95. The Kier molecular flexibility index (Phi) is 7.29. The normalized spacial score (nSPS) is 18.1. The van der Waals surface area contributed by atoms with Crippen LogP contribution < -0.4 is 10.6 Å². The number of benzene rings is 2. The van der Waals surface area contributed by atoms with Gasteiger partial charge in [-0.15, -0.1) is 0 Å². The lowest BCUT2D eigenvalue weighted by Gasteiger charge is -2.36. The van der Waals surface area contributed by atoms with Gasteiger partial charge in [-0.1, -0.05) is 41.9 Å². The molecule has 0 amide bonds. The standard InChI is InChI=1S/C13H8ClN.C11H17N3O/c14-13-4-2-1-3-12(13)11-7-5-10(9-15)6-8-11;1-8-6-14(7-9(2)15-8)11-4-3-10(12)5-13-11/h1-8H;3-5,8-9H,6-7,12H2,1-2H3. The summed E-state index contributed by atoms with van der Waals surface area (Å²) in [4.78, 5) is 6.55. The van der Waals surface area contributed by atoms with Gasteiger partial charge >= 0.3 is 0 Å². The number of nitrogen functional groups attached to an aromatic ring is 1. The van der Waals surface area contributed by atoms with E-state index in [1.165, 1.54) is 0 Å². The lowest BCUT2D eigenvalue weighted by molar-refractivity contribution is -0.00545. The summed E-state index contributed by atoms with van der Waals surface area (Å²) in [5.74, 6) is 0.978. The average molecular weight is 421 g/mol. The number of nitrogens with zero attached hydrogens (tertiary/aromatic N) is 3. The number of nitrogens with two attached hydrogens (primary N) is 1. The van der Waals surface area contributed by atoms with Crippen molar-refractivity contribution < 1.29 is 4.74 Å². The molecular weight excluding hydrogens is 396 g/mol. The van der Waals surface area contributed by atoms with E-state index in [1.54, 1.807) is 18.3 Å². The van der Waals surface area contributed by atoms with Crippen LogP contribution in [0.25, 0.3) is 11.1 Å². The van der Waals surface area contributed by atoms with E-state index in [0.717, 1.165) is 35.1 Å². The first-order valence-corrected chi connectivity index (χ1v) is 10.2. The predicted octanol–water partition coefficient (Wildman–Crippen LogP) is 5.16. The van der Waals surface area contributed by atoms with E-state index >= 15 is 0 Å². The van der Waals surface area contributed by atoms with Crippen molar-refractivity contribution in [3.8, 4) is 17.2 Å². The topological polar surface area (TPSA) is 75.2 Å². The van der Waals surface area contributed by atoms with Gasteiger partial charge in [0, 0.05) is 23.7 Å². The van der Waals surface area contributed by atoms with Gasteiger partial charge in [0.2, 0.25) is 0 Å². The summed E-state index contributed by atoms with van der Waals surface area (Å²) >= 11 is 6.07. The Morgan fingerprint density at radius 1 is 1.03 bits per heavy atom. The zero-order chi connectivity index (χ0) is 21.5. The molecule has 1 fully saturated rings. The molecule has 6 heteroatoms. The molecule has 0 radical (unpaired) electrons. The molecular formula is C24H25ClN4O. The van der Waals surface area contributed by atoms with Crippen molar-refractivity contribution in [1.29, 1.82) is 5.26 Å². The first kappa shape index (κ1) is 21.6. The maximum Gasteiger partial charge on any atom is 0.128 e. The van der Waals surface area contributed by atoms with Crippen LogP contribution in [0.1, 0.15) is 19.4 Å². The fourth-order valence-corrected chi connectivity index (χ4v) is 3.61. The van der Waals surface area contributed by atoms with Crippen LogP contribution in [0, 0.1) is 11.3 Å². The smallest absolute Gasteiger partial charge is 0.128 e. The van der Waals surface area contributed by atoms with Crippen molar-refractivity contribution in [3.63, 3.8) is 0 Å². The first-order valence-electron chi connectivity index (χ1n) is 9.83. The van der Waals surface area contributed by atoms with Crippen molar-refractivity contribution in [2.45, 2.75) is 26.1 Å². The third kappa shape index (κ3) is 5.73. The summed E-state index contributed by atoms with van der Waals surface area (Å²) in [7, 11) is 0. The van der Waals surface area contributed by atoms with Gasteiger partial charge in [0.25, 0.3) is 0 Å². The van der Waals surface area contributed by atoms with Gasteiger partial charge in [0.15, 0.2) is 0 Å². The van der Waals surface area contributed by atoms with Crippen molar-refractivity contribution in [3.05, 3.63) is 77.4 Å².